The fourth-order valence-electron chi connectivity index (χ4n) is 3.02. The Kier molecular flexibility index (Phi) is 6.59. The summed E-state index contributed by atoms with van der Waals surface area (Å²) < 4.78 is 32.5. The quantitative estimate of drug-likeness (QED) is 0.716. The maximum absolute atomic E-state index is 12.8. The number of hydrogen-bond donors (Lipinski definition) is 0. The van der Waals surface area contributed by atoms with E-state index in [0.29, 0.717) is 25.3 Å². The Bertz CT molecular complexity index is 923. The Morgan fingerprint density at radius 3 is 2.29 bits per heavy atom. The lowest BCUT2D eigenvalue weighted by Crippen LogP contribution is -2.50. The van der Waals surface area contributed by atoms with Crippen LogP contribution in [0.15, 0.2) is 53.4 Å². The predicted octanol–water partition coefficient (Wildman–Crippen LogP) is 3.28. The molecule has 2 aromatic carbocycles. The molecule has 1 aliphatic rings. The molecule has 6 nitrogen and oxygen atoms in total. The van der Waals surface area contributed by atoms with Crippen LogP contribution < -0.4 is 4.74 Å². The van der Waals surface area contributed by atoms with Crippen LogP contribution in [0.25, 0.3) is 0 Å². The van der Waals surface area contributed by atoms with Gasteiger partial charge < -0.3 is 9.64 Å². The number of carbonyl (C=O) groups excluding carboxylic acids is 1. The maximum Gasteiger partial charge on any atom is 0.253 e. The molecule has 0 aliphatic carbocycles. The molecule has 0 spiro atoms. The molecule has 0 bridgehead atoms. The summed E-state index contributed by atoms with van der Waals surface area (Å²) in [5.41, 5.74) is 0.561. The second-order valence-corrected chi connectivity index (χ2v) is 8.81. The fraction of sp³-hybridized carbons (Fsp3) is 0.350. The Morgan fingerprint density at radius 1 is 1.04 bits per heavy atom. The molecule has 1 aliphatic heterocycles. The van der Waals surface area contributed by atoms with Crippen molar-refractivity contribution >= 4 is 27.5 Å². The number of sulfonamides is 1. The van der Waals surface area contributed by atoms with Crippen LogP contribution in [0.3, 0.4) is 0 Å². The number of hydrogen-bond acceptors (Lipinski definition) is 4. The van der Waals surface area contributed by atoms with E-state index in [0.717, 1.165) is 12.2 Å². The van der Waals surface area contributed by atoms with Crippen molar-refractivity contribution in [3.8, 4) is 5.75 Å². The van der Waals surface area contributed by atoms with Crippen LogP contribution >= 0.6 is 11.6 Å². The zero-order chi connectivity index (χ0) is 20.1. The third kappa shape index (κ3) is 4.48. The molecule has 2 aromatic rings. The van der Waals surface area contributed by atoms with Gasteiger partial charge in [-0.25, -0.2) is 8.42 Å². The molecule has 150 valence electrons. The van der Waals surface area contributed by atoms with Gasteiger partial charge in [0, 0.05) is 31.7 Å². The van der Waals surface area contributed by atoms with Crippen molar-refractivity contribution in [1.29, 1.82) is 0 Å². The predicted molar refractivity (Wildman–Crippen MR) is 108 cm³/mol. The number of carbonyl (C=O) groups is 1. The van der Waals surface area contributed by atoms with Gasteiger partial charge in [0.1, 0.15) is 10.6 Å². The monoisotopic (exact) mass is 422 g/mol. The van der Waals surface area contributed by atoms with Crippen LogP contribution in [0.2, 0.25) is 5.02 Å². The summed E-state index contributed by atoms with van der Waals surface area (Å²) in [7, 11) is -3.67. The smallest absolute Gasteiger partial charge is 0.253 e. The third-order valence-corrected chi connectivity index (χ3v) is 6.95. The SMILES string of the molecule is CCCOc1ccc(C(=O)N2CCN(S(=O)(=O)c3ccccc3Cl)CC2)cc1. The van der Waals surface area contributed by atoms with Crippen molar-refractivity contribution in [2.45, 2.75) is 18.2 Å². The molecule has 0 radical (unpaired) electrons. The van der Waals surface area contributed by atoms with Gasteiger partial charge >= 0.3 is 0 Å². The highest BCUT2D eigenvalue weighted by molar-refractivity contribution is 7.89. The van der Waals surface area contributed by atoms with E-state index in [-0.39, 0.29) is 28.9 Å². The molecule has 8 heteroatoms. The largest absolute Gasteiger partial charge is 0.494 e. The molecular formula is C20H23ClN2O4S. The molecule has 0 N–H and O–H groups in total. The van der Waals surface area contributed by atoms with Gasteiger partial charge in [-0.05, 0) is 42.8 Å². The van der Waals surface area contributed by atoms with Crippen molar-refractivity contribution in [2.75, 3.05) is 32.8 Å². The van der Waals surface area contributed by atoms with Gasteiger partial charge in [-0.3, -0.25) is 4.79 Å². The summed E-state index contributed by atoms with van der Waals surface area (Å²) in [6, 6.07) is 13.4. The van der Waals surface area contributed by atoms with Crippen molar-refractivity contribution in [2.24, 2.45) is 0 Å². The van der Waals surface area contributed by atoms with Gasteiger partial charge in [0.15, 0.2) is 0 Å². The molecule has 1 saturated heterocycles. The summed E-state index contributed by atoms with van der Waals surface area (Å²) in [6.45, 7) is 3.79. The van der Waals surface area contributed by atoms with Crippen LogP contribution in [0.1, 0.15) is 23.7 Å². The van der Waals surface area contributed by atoms with E-state index in [1.807, 2.05) is 6.92 Å². The highest BCUT2D eigenvalue weighted by Crippen LogP contribution is 2.25. The Morgan fingerprint density at radius 2 is 1.68 bits per heavy atom. The Labute approximate surface area is 170 Å². The van der Waals surface area contributed by atoms with Crippen LogP contribution in [-0.2, 0) is 10.0 Å². The first-order valence-corrected chi connectivity index (χ1v) is 11.0. The minimum atomic E-state index is -3.67. The van der Waals surface area contributed by atoms with Gasteiger partial charge in [-0.15, -0.1) is 0 Å². The van der Waals surface area contributed by atoms with Gasteiger partial charge in [0.05, 0.1) is 11.6 Å². The van der Waals surface area contributed by atoms with Gasteiger partial charge in [0.25, 0.3) is 5.91 Å². The molecule has 3 rings (SSSR count). The van der Waals surface area contributed by atoms with E-state index >= 15 is 0 Å². The molecule has 0 saturated carbocycles. The number of nitrogens with zero attached hydrogens (tertiary/aromatic N) is 2. The number of halogens is 1. The van der Waals surface area contributed by atoms with Crippen LogP contribution in [0.4, 0.5) is 0 Å². The summed E-state index contributed by atoms with van der Waals surface area (Å²) >= 11 is 6.05. The van der Waals surface area contributed by atoms with Crippen molar-refractivity contribution in [1.82, 2.24) is 9.21 Å². The van der Waals surface area contributed by atoms with Crippen LogP contribution in [0.5, 0.6) is 5.75 Å². The normalized spacial score (nSPS) is 15.4. The maximum atomic E-state index is 12.8. The summed E-state index contributed by atoms with van der Waals surface area (Å²) in [6.07, 6.45) is 0.919. The molecule has 1 heterocycles. The topological polar surface area (TPSA) is 66.9 Å². The van der Waals surface area contributed by atoms with E-state index in [9.17, 15) is 13.2 Å². The molecule has 0 unspecified atom stereocenters. The van der Waals surface area contributed by atoms with E-state index in [1.165, 1.54) is 10.4 Å². The average Bonchev–Trinajstić information content (AvgIpc) is 2.72. The first kappa shape index (κ1) is 20.6. The number of piperazine rings is 1. The van der Waals surface area contributed by atoms with Gasteiger partial charge in [-0.2, -0.15) is 4.31 Å². The molecule has 0 atom stereocenters. The lowest BCUT2D eigenvalue weighted by atomic mass is 10.2. The standard InChI is InChI=1S/C20H23ClN2O4S/c1-2-15-27-17-9-7-16(8-10-17)20(24)22-11-13-23(14-12-22)28(25,26)19-6-4-3-5-18(19)21/h3-10H,2,11-15H2,1H3. The first-order valence-electron chi connectivity index (χ1n) is 9.20. The van der Waals surface area contributed by atoms with Gasteiger partial charge in [-0.1, -0.05) is 30.7 Å². The number of benzene rings is 2. The van der Waals surface area contributed by atoms with E-state index < -0.39 is 10.0 Å². The summed E-state index contributed by atoms with van der Waals surface area (Å²) in [5, 5.41) is 0.200. The van der Waals surface area contributed by atoms with E-state index in [4.69, 9.17) is 16.3 Å². The second-order valence-electron chi connectivity index (χ2n) is 6.50. The van der Waals surface area contributed by atoms with Crippen molar-refractivity contribution in [3.63, 3.8) is 0 Å². The van der Waals surface area contributed by atoms with Crippen molar-refractivity contribution < 1.29 is 17.9 Å². The number of amides is 1. The summed E-state index contributed by atoms with van der Waals surface area (Å²) in [5.74, 6) is 0.617. The van der Waals surface area contributed by atoms with E-state index in [1.54, 1.807) is 47.4 Å². The third-order valence-electron chi connectivity index (χ3n) is 4.55. The highest BCUT2D eigenvalue weighted by Gasteiger charge is 2.31. The number of ether oxygens (including phenoxy) is 1. The molecule has 1 amide bonds. The van der Waals surface area contributed by atoms with Crippen molar-refractivity contribution in [3.05, 3.63) is 59.1 Å². The highest BCUT2D eigenvalue weighted by atomic mass is 35.5. The first-order chi connectivity index (χ1) is 13.4. The van der Waals surface area contributed by atoms with Gasteiger partial charge in [0.2, 0.25) is 10.0 Å². The van der Waals surface area contributed by atoms with E-state index in [2.05, 4.69) is 0 Å². The molecule has 28 heavy (non-hydrogen) atoms. The lowest BCUT2D eigenvalue weighted by Gasteiger charge is -2.34. The summed E-state index contributed by atoms with van der Waals surface area (Å²) in [4.78, 5) is 14.5. The Balaban J connectivity index is 1.63. The zero-order valence-electron chi connectivity index (χ0n) is 15.7. The fourth-order valence-corrected chi connectivity index (χ4v) is 4.94. The molecular weight excluding hydrogens is 400 g/mol. The minimum absolute atomic E-state index is 0.0964. The molecule has 1 fully saturated rings. The molecule has 0 aromatic heterocycles. The zero-order valence-corrected chi connectivity index (χ0v) is 17.2. The van der Waals surface area contributed by atoms with Crippen LogP contribution in [0, 0.1) is 0 Å². The minimum Gasteiger partial charge on any atom is -0.494 e. The lowest BCUT2D eigenvalue weighted by molar-refractivity contribution is 0.0698. The Hall–Kier alpha value is -2.09. The average molecular weight is 423 g/mol. The second kappa shape index (κ2) is 8.94. The van der Waals surface area contributed by atoms with Crippen LogP contribution in [-0.4, -0.2) is 56.3 Å². The number of rotatable bonds is 6.